The van der Waals surface area contributed by atoms with Gasteiger partial charge in [0.05, 0.1) is 13.0 Å². The molecule has 0 saturated heterocycles. The van der Waals surface area contributed by atoms with Crippen molar-refractivity contribution in [2.45, 2.75) is 13.3 Å². The molecule has 1 amide bonds. The highest BCUT2D eigenvalue weighted by Crippen LogP contribution is 2.11. The minimum Gasteiger partial charge on any atom is -0.481 e. The summed E-state index contributed by atoms with van der Waals surface area (Å²) in [5, 5.41) is 2.78. The number of hydrogen-bond acceptors (Lipinski definition) is 4. The predicted octanol–water partition coefficient (Wildman–Crippen LogP) is 0.344. The lowest BCUT2D eigenvalue weighted by Crippen LogP contribution is -2.36. The van der Waals surface area contributed by atoms with Crippen LogP contribution in [0.2, 0.25) is 0 Å². The summed E-state index contributed by atoms with van der Waals surface area (Å²) in [4.78, 5) is 15.8. The molecule has 1 atom stereocenters. The van der Waals surface area contributed by atoms with E-state index >= 15 is 0 Å². The zero-order valence-electron chi connectivity index (χ0n) is 10.3. The Morgan fingerprint density at radius 3 is 2.82 bits per heavy atom. The summed E-state index contributed by atoms with van der Waals surface area (Å²) < 4.78 is 4.97. The van der Waals surface area contributed by atoms with Gasteiger partial charge in [-0.15, -0.1) is 0 Å². The maximum absolute atomic E-state index is 11.7. The highest BCUT2D eigenvalue weighted by Gasteiger charge is 2.16. The predicted molar refractivity (Wildman–Crippen MR) is 65.7 cm³/mol. The number of rotatable bonds is 6. The average molecular weight is 237 g/mol. The number of amides is 1. The number of nitrogens with zero attached hydrogens (tertiary/aromatic N) is 1. The third-order valence-corrected chi connectivity index (χ3v) is 2.50. The number of pyridine rings is 1. The molecule has 1 rings (SSSR count). The smallest absolute Gasteiger partial charge is 0.224 e. The van der Waals surface area contributed by atoms with Gasteiger partial charge >= 0.3 is 0 Å². The molecule has 1 aromatic heterocycles. The molecule has 17 heavy (non-hydrogen) atoms. The van der Waals surface area contributed by atoms with Crippen LogP contribution in [0.25, 0.3) is 0 Å². The van der Waals surface area contributed by atoms with Gasteiger partial charge in [-0.25, -0.2) is 4.98 Å². The molecule has 0 aliphatic carbocycles. The van der Waals surface area contributed by atoms with E-state index in [0.717, 1.165) is 5.56 Å². The van der Waals surface area contributed by atoms with E-state index in [-0.39, 0.29) is 11.8 Å². The number of hydrogen-bond donors (Lipinski definition) is 2. The van der Waals surface area contributed by atoms with Gasteiger partial charge in [-0.05, 0) is 18.9 Å². The topological polar surface area (TPSA) is 77.2 Å². The van der Waals surface area contributed by atoms with Crippen molar-refractivity contribution >= 4 is 5.91 Å². The lowest BCUT2D eigenvalue weighted by atomic mass is 10.00. The Balaban J connectivity index is 2.63. The van der Waals surface area contributed by atoms with Gasteiger partial charge in [0.15, 0.2) is 0 Å². The van der Waals surface area contributed by atoms with Crippen LogP contribution >= 0.6 is 0 Å². The Kier molecular flexibility index (Phi) is 5.42. The second-order valence-electron chi connectivity index (χ2n) is 3.74. The van der Waals surface area contributed by atoms with E-state index in [4.69, 9.17) is 10.5 Å². The van der Waals surface area contributed by atoms with Gasteiger partial charge in [-0.2, -0.15) is 0 Å². The molecular formula is C12H19N3O2. The van der Waals surface area contributed by atoms with Gasteiger partial charge in [0.2, 0.25) is 11.8 Å². The minimum atomic E-state index is -0.204. The normalized spacial score (nSPS) is 11.9. The van der Waals surface area contributed by atoms with Crippen molar-refractivity contribution in [2.75, 3.05) is 20.2 Å². The maximum Gasteiger partial charge on any atom is 0.224 e. The standard InChI is InChI=1S/C12H19N3O2/c1-3-14-12(16)10(7-13)6-9-4-5-11(17-2)15-8-9/h4-5,8,10H,3,6-7,13H2,1-2H3,(H,14,16). The molecule has 0 fully saturated rings. The van der Waals surface area contributed by atoms with Gasteiger partial charge in [-0.3, -0.25) is 4.79 Å². The summed E-state index contributed by atoms with van der Waals surface area (Å²) in [6.07, 6.45) is 2.31. The molecule has 0 radical (unpaired) electrons. The van der Waals surface area contributed by atoms with E-state index in [2.05, 4.69) is 10.3 Å². The summed E-state index contributed by atoms with van der Waals surface area (Å²) >= 11 is 0. The number of carbonyl (C=O) groups is 1. The van der Waals surface area contributed by atoms with Gasteiger partial charge in [-0.1, -0.05) is 6.07 Å². The molecule has 3 N–H and O–H groups in total. The summed E-state index contributed by atoms with van der Waals surface area (Å²) in [5.74, 6) is 0.354. The molecule has 0 aliphatic heterocycles. The summed E-state index contributed by atoms with van der Waals surface area (Å²) in [7, 11) is 1.57. The fraction of sp³-hybridized carbons (Fsp3) is 0.500. The maximum atomic E-state index is 11.7. The summed E-state index contributed by atoms with van der Waals surface area (Å²) in [6.45, 7) is 2.84. The number of ether oxygens (including phenoxy) is 1. The van der Waals surface area contributed by atoms with Crippen molar-refractivity contribution in [3.63, 3.8) is 0 Å². The fourth-order valence-electron chi connectivity index (χ4n) is 1.54. The molecule has 0 aromatic carbocycles. The van der Waals surface area contributed by atoms with E-state index in [9.17, 15) is 4.79 Å². The third kappa shape index (κ3) is 4.03. The van der Waals surface area contributed by atoms with E-state index in [0.29, 0.717) is 25.4 Å². The highest BCUT2D eigenvalue weighted by molar-refractivity contribution is 5.79. The van der Waals surface area contributed by atoms with Crippen molar-refractivity contribution < 1.29 is 9.53 Å². The van der Waals surface area contributed by atoms with Gasteiger partial charge in [0.25, 0.3) is 0 Å². The molecule has 1 aromatic rings. The monoisotopic (exact) mass is 237 g/mol. The molecule has 1 unspecified atom stereocenters. The van der Waals surface area contributed by atoms with E-state index < -0.39 is 0 Å². The Labute approximate surface area is 101 Å². The summed E-state index contributed by atoms with van der Waals surface area (Å²) in [6, 6.07) is 3.67. The first kappa shape index (κ1) is 13.4. The van der Waals surface area contributed by atoms with Crippen LogP contribution < -0.4 is 15.8 Å². The molecule has 0 aliphatic rings. The highest BCUT2D eigenvalue weighted by atomic mass is 16.5. The van der Waals surface area contributed by atoms with Crippen LogP contribution in [0.3, 0.4) is 0 Å². The van der Waals surface area contributed by atoms with Crippen LogP contribution in [-0.2, 0) is 11.2 Å². The number of aromatic nitrogens is 1. The lowest BCUT2D eigenvalue weighted by Gasteiger charge is -2.14. The van der Waals surface area contributed by atoms with Crippen molar-refractivity contribution in [1.82, 2.24) is 10.3 Å². The van der Waals surface area contributed by atoms with Crippen molar-refractivity contribution in [2.24, 2.45) is 11.7 Å². The van der Waals surface area contributed by atoms with Crippen LogP contribution in [0.5, 0.6) is 5.88 Å². The van der Waals surface area contributed by atoms with E-state index in [1.54, 1.807) is 19.4 Å². The molecule has 5 heteroatoms. The fourth-order valence-corrected chi connectivity index (χ4v) is 1.54. The molecule has 0 bridgehead atoms. The van der Waals surface area contributed by atoms with Gasteiger partial charge in [0, 0.05) is 25.4 Å². The number of nitrogens with one attached hydrogen (secondary N) is 1. The van der Waals surface area contributed by atoms with Gasteiger partial charge in [0.1, 0.15) is 0 Å². The first-order valence-electron chi connectivity index (χ1n) is 5.68. The van der Waals surface area contributed by atoms with Crippen molar-refractivity contribution in [1.29, 1.82) is 0 Å². The Morgan fingerprint density at radius 1 is 1.59 bits per heavy atom. The van der Waals surface area contributed by atoms with Crippen molar-refractivity contribution in [3.8, 4) is 5.88 Å². The molecule has 1 heterocycles. The lowest BCUT2D eigenvalue weighted by molar-refractivity contribution is -0.124. The average Bonchev–Trinajstić information content (AvgIpc) is 2.37. The second-order valence-corrected chi connectivity index (χ2v) is 3.74. The number of methoxy groups -OCH3 is 1. The van der Waals surface area contributed by atoms with Crippen molar-refractivity contribution in [3.05, 3.63) is 23.9 Å². The Morgan fingerprint density at radius 2 is 2.35 bits per heavy atom. The SMILES string of the molecule is CCNC(=O)C(CN)Cc1ccc(OC)nc1. The minimum absolute atomic E-state index is 0.00850. The zero-order chi connectivity index (χ0) is 12.7. The molecule has 94 valence electrons. The van der Waals surface area contributed by atoms with Gasteiger partial charge < -0.3 is 15.8 Å². The molecular weight excluding hydrogens is 218 g/mol. The summed E-state index contributed by atoms with van der Waals surface area (Å²) in [5.41, 5.74) is 6.58. The Hall–Kier alpha value is -1.62. The van der Waals surface area contributed by atoms with Crippen LogP contribution in [0, 0.1) is 5.92 Å². The van der Waals surface area contributed by atoms with E-state index in [1.807, 2.05) is 13.0 Å². The molecule has 5 nitrogen and oxygen atoms in total. The largest absolute Gasteiger partial charge is 0.481 e. The second kappa shape index (κ2) is 6.85. The number of nitrogens with two attached hydrogens (primary N) is 1. The molecule has 0 spiro atoms. The van der Waals surface area contributed by atoms with Crippen LogP contribution in [0.1, 0.15) is 12.5 Å². The first-order chi connectivity index (χ1) is 8.21. The number of carbonyl (C=O) groups excluding carboxylic acids is 1. The van der Waals surface area contributed by atoms with Crippen LogP contribution in [-0.4, -0.2) is 31.1 Å². The third-order valence-electron chi connectivity index (χ3n) is 2.50. The Bertz CT molecular complexity index is 351. The first-order valence-corrected chi connectivity index (χ1v) is 5.68. The quantitative estimate of drug-likeness (QED) is 0.748. The van der Waals surface area contributed by atoms with Crippen LogP contribution in [0.4, 0.5) is 0 Å². The van der Waals surface area contributed by atoms with E-state index in [1.165, 1.54) is 0 Å². The zero-order valence-corrected chi connectivity index (χ0v) is 10.3. The molecule has 0 saturated carbocycles. The van der Waals surface area contributed by atoms with Crippen LogP contribution in [0.15, 0.2) is 18.3 Å².